The highest BCUT2D eigenvalue weighted by Gasteiger charge is 2.30. The van der Waals surface area contributed by atoms with Gasteiger partial charge >= 0.3 is 0 Å². The number of nitrogens with zero attached hydrogens (tertiary/aromatic N) is 1. The Balaban J connectivity index is 0. The van der Waals surface area contributed by atoms with Crippen molar-refractivity contribution < 1.29 is 8.42 Å². The van der Waals surface area contributed by atoms with Gasteiger partial charge in [0.05, 0.1) is 4.75 Å². The topological polar surface area (TPSA) is 70.6 Å². The van der Waals surface area contributed by atoms with E-state index in [1.165, 1.54) is 31.9 Å². The van der Waals surface area contributed by atoms with Crippen molar-refractivity contribution in [3.63, 3.8) is 0 Å². The van der Waals surface area contributed by atoms with Gasteiger partial charge in [0.15, 0.2) is 15.8 Å². The number of nitrogens with one attached hydrogen (secondary N) is 2. The Labute approximate surface area is 160 Å². The van der Waals surface area contributed by atoms with Gasteiger partial charge in [-0.25, -0.2) is 8.42 Å². The Hall–Kier alpha value is -0.0500. The number of unbranched alkanes of at least 4 members (excludes halogenated alkanes) is 2. The summed E-state index contributed by atoms with van der Waals surface area (Å²) in [7, 11) is -1.41. The van der Waals surface area contributed by atoms with E-state index in [4.69, 9.17) is 0 Å². The van der Waals surface area contributed by atoms with Gasteiger partial charge in [0.2, 0.25) is 0 Å². The average molecular weight is 461 g/mol. The van der Waals surface area contributed by atoms with Crippen molar-refractivity contribution in [1.29, 1.82) is 0 Å². The van der Waals surface area contributed by atoms with E-state index in [1.807, 2.05) is 0 Å². The molecule has 0 fully saturated rings. The Morgan fingerprint density at radius 2 is 1.57 bits per heavy atom. The first kappa shape index (κ1) is 25.2. The average Bonchev–Trinajstić information content (AvgIpc) is 2.37. The van der Waals surface area contributed by atoms with E-state index in [0.29, 0.717) is 12.5 Å². The van der Waals surface area contributed by atoms with E-state index < -0.39 is 14.6 Å². The molecule has 0 heterocycles. The Morgan fingerprint density at radius 1 is 1.04 bits per heavy atom. The molecule has 0 saturated carbocycles. The van der Waals surface area contributed by atoms with E-state index in [1.54, 1.807) is 20.9 Å². The van der Waals surface area contributed by atoms with Crippen LogP contribution in [0, 0.1) is 5.41 Å². The Bertz CT molecular complexity index is 460. The third kappa shape index (κ3) is 10.4. The van der Waals surface area contributed by atoms with Crippen LogP contribution in [0.1, 0.15) is 60.3 Å². The molecule has 23 heavy (non-hydrogen) atoms. The molecule has 0 rings (SSSR count). The smallest absolute Gasteiger partial charge is 0.191 e. The number of halogens is 1. The van der Waals surface area contributed by atoms with Gasteiger partial charge in [0.25, 0.3) is 0 Å². The van der Waals surface area contributed by atoms with Gasteiger partial charge in [-0.2, -0.15) is 0 Å². The molecule has 0 aromatic heterocycles. The summed E-state index contributed by atoms with van der Waals surface area (Å²) in [5.74, 6) is 0.653. The van der Waals surface area contributed by atoms with Crippen LogP contribution in [0.3, 0.4) is 0 Å². The van der Waals surface area contributed by atoms with E-state index >= 15 is 0 Å². The van der Waals surface area contributed by atoms with Gasteiger partial charge < -0.3 is 10.6 Å². The second-order valence-corrected chi connectivity index (χ2v) is 10.1. The van der Waals surface area contributed by atoms with Crippen LogP contribution in [0.2, 0.25) is 0 Å². The van der Waals surface area contributed by atoms with Crippen LogP contribution >= 0.6 is 24.0 Å². The minimum Gasteiger partial charge on any atom is -0.356 e. The second-order valence-electron chi connectivity index (χ2n) is 7.43. The molecule has 7 heteroatoms. The van der Waals surface area contributed by atoms with Crippen molar-refractivity contribution in [3.8, 4) is 0 Å². The van der Waals surface area contributed by atoms with Gasteiger partial charge in [-0.3, -0.25) is 4.99 Å². The largest absolute Gasteiger partial charge is 0.356 e. The maximum absolute atomic E-state index is 11.7. The number of sulfone groups is 1. The van der Waals surface area contributed by atoms with Crippen molar-refractivity contribution in [1.82, 2.24) is 10.6 Å². The normalized spacial score (nSPS) is 13.4. The van der Waals surface area contributed by atoms with E-state index in [9.17, 15) is 8.42 Å². The highest BCUT2D eigenvalue weighted by Crippen LogP contribution is 2.22. The number of rotatable bonds is 9. The molecule has 0 aliphatic heterocycles. The molecule has 0 unspecified atom stereocenters. The standard InChI is InChI=1S/C16H35N3O2S.HI/c1-8-9-10-11-15(2,3)12-18-14(17-6)19-13-16(4,5)22(7,20)21;/h8-13H2,1-7H3,(H2,17,18,19);1H. The second kappa shape index (κ2) is 10.7. The molecule has 0 atom stereocenters. The summed E-state index contributed by atoms with van der Waals surface area (Å²) in [6, 6.07) is 0. The zero-order valence-electron chi connectivity index (χ0n) is 15.8. The number of hydrogen-bond acceptors (Lipinski definition) is 3. The number of aliphatic imine (C=N–C) groups is 1. The summed E-state index contributed by atoms with van der Waals surface area (Å²) in [6.45, 7) is 11.3. The maximum Gasteiger partial charge on any atom is 0.191 e. The highest BCUT2D eigenvalue weighted by molar-refractivity contribution is 14.0. The zero-order chi connectivity index (χ0) is 17.4. The molecule has 0 aromatic rings. The molecule has 2 N–H and O–H groups in total. The molecule has 0 radical (unpaired) electrons. The number of hydrogen-bond donors (Lipinski definition) is 2. The summed E-state index contributed by atoms with van der Waals surface area (Å²) < 4.78 is 22.6. The fraction of sp³-hybridized carbons (Fsp3) is 0.938. The molecule has 0 bridgehead atoms. The fourth-order valence-corrected chi connectivity index (χ4v) is 2.25. The van der Waals surface area contributed by atoms with Crippen LogP contribution in [0.25, 0.3) is 0 Å². The third-order valence-corrected chi connectivity index (χ3v) is 6.25. The minimum absolute atomic E-state index is 0. The summed E-state index contributed by atoms with van der Waals surface area (Å²) in [4.78, 5) is 4.17. The molecule has 0 aliphatic carbocycles. The van der Waals surface area contributed by atoms with Crippen molar-refractivity contribution in [2.45, 2.75) is 65.0 Å². The first-order valence-electron chi connectivity index (χ1n) is 8.09. The quantitative estimate of drug-likeness (QED) is 0.240. The lowest BCUT2D eigenvalue weighted by molar-refractivity contribution is 0.318. The van der Waals surface area contributed by atoms with Crippen molar-refractivity contribution >= 4 is 39.8 Å². The Kier molecular flexibility index (Phi) is 11.8. The molecule has 0 aliphatic rings. The van der Waals surface area contributed by atoms with E-state index in [-0.39, 0.29) is 29.4 Å². The van der Waals surface area contributed by atoms with Gasteiger partial charge in [0.1, 0.15) is 0 Å². The van der Waals surface area contributed by atoms with Crippen molar-refractivity contribution in [3.05, 3.63) is 0 Å². The highest BCUT2D eigenvalue weighted by atomic mass is 127. The SMILES string of the molecule is CCCCCC(C)(C)CNC(=NC)NCC(C)(C)S(C)(=O)=O.I. The van der Waals surface area contributed by atoms with Gasteiger partial charge in [-0.15, -0.1) is 24.0 Å². The zero-order valence-corrected chi connectivity index (χ0v) is 19.0. The van der Waals surface area contributed by atoms with E-state index in [2.05, 4.69) is 36.4 Å². The monoisotopic (exact) mass is 461 g/mol. The summed E-state index contributed by atoms with van der Waals surface area (Å²) in [6.07, 6.45) is 6.16. The molecular formula is C16H36IN3O2S. The molecule has 0 aromatic carbocycles. The maximum atomic E-state index is 11.7. The number of guanidine groups is 1. The molecule has 5 nitrogen and oxygen atoms in total. The summed E-state index contributed by atoms with van der Waals surface area (Å²) in [5, 5.41) is 6.42. The fourth-order valence-electron chi connectivity index (χ4n) is 1.91. The lowest BCUT2D eigenvalue weighted by atomic mass is 9.87. The molecule has 0 spiro atoms. The first-order chi connectivity index (χ1) is 9.95. The van der Waals surface area contributed by atoms with Gasteiger partial charge in [-0.1, -0.05) is 40.0 Å². The Morgan fingerprint density at radius 3 is 2.00 bits per heavy atom. The van der Waals surface area contributed by atoms with Crippen molar-refractivity contribution in [2.24, 2.45) is 10.4 Å². The van der Waals surface area contributed by atoms with Crippen LogP contribution in [0.4, 0.5) is 0 Å². The molecule has 0 saturated heterocycles. The van der Waals surface area contributed by atoms with E-state index in [0.717, 1.165) is 6.54 Å². The van der Waals surface area contributed by atoms with Gasteiger partial charge in [0, 0.05) is 26.4 Å². The molecule has 140 valence electrons. The summed E-state index contributed by atoms with van der Waals surface area (Å²) >= 11 is 0. The van der Waals surface area contributed by atoms with Crippen molar-refractivity contribution in [2.75, 3.05) is 26.4 Å². The predicted octanol–water partition coefficient (Wildman–Crippen LogP) is 3.20. The third-order valence-electron chi connectivity index (χ3n) is 4.10. The summed E-state index contributed by atoms with van der Waals surface area (Å²) in [5.41, 5.74) is 0.194. The van der Waals surface area contributed by atoms with Gasteiger partial charge in [-0.05, 0) is 25.7 Å². The van der Waals surface area contributed by atoms with Crippen LogP contribution in [-0.4, -0.2) is 45.5 Å². The first-order valence-corrected chi connectivity index (χ1v) is 9.98. The van der Waals surface area contributed by atoms with Crippen LogP contribution in [0.5, 0.6) is 0 Å². The lowest BCUT2D eigenvalue weighted by Gasteiger charge is -2.28. The molecule has 0 amide bonds. The molecular weight excluding hydrogens is 425 g/mol. The minimum atomic E-state index is -3.11. The lowest BCUT2D eigenvalue weighted by Crippen LogP contribution is -2.49. The van der Waals surface area contributed by atoms with Crippen LogP contribution in [-0.2, 0) is 9.84 Å². The van der Waals surface area contributed by atoms with Crippen LogP contribution in [0.15, 0.2) is 4.99 Å². The predicted molar refractivity (Wildman–Crippen MR) is 112 cm³/mol. The van der Waals surface area contributed by atoms with Crippen LogP contribution < -0.4 is 10.6 Å².